The molecule has 0 aliphatic heterocycles. The number of benzene rings is 2. The van der Waals surface area contributed by atoms with Gasteiger partial charge in [-0.1, -0.05) is 17.7 Å². The molecule has 0 fully saturated rings. The third-order valence-electron chi connectivity index (χ3n) is 3.54. The smallest absolute Gasteiger partial charge is 0.319 e. The van der Waals surface area contributed by atoms with Gasteiger partial charge in [-0.25, -0.2) is 4.79 Å². The van der Waals surface area contributed by atoms with Crippen molar-refractivity contribution in [1.29, 1.82) is 0 Å². The molecule has 6 heteroatoms. The second-order valence-corrected chi connectivity index (χ2v) is 5.47. The van der Waals surface area contributed by atoms with Crippen LogP contribution in [0.4, 0.5) is 10.5 Å². The third kappa shape index (κ3) is 5.91. The standard InChI is InChI=1S/C19H24N2O4/c1-14-5-8-16(9-6-14)25-12-4-11-20-19(22)21-15-7-10-17(23-2)18(13-15)24-3/h5-10,13H,4,11-12H2,1-3H3,(H2,20,21,22). The number of carbonyl (C=O) groups excluding carboxylic acids is 1. The van der Waals surface area contributed by atoms with Crippen molar-refractivity contribution in [3.8, 4) is 17.2 Å². The monoisotopic (exact) mass is 344 g/mol. The minimum atomic E-state index is -0.275. The van der Waals surface area contributed by atoms with E-state index in [0.29, 0.717) is 36.8 Å². The average molecular weight is 344 g/mol. The Hall–Kier alpha value is -2.89. The van der Waals surface area contributed by atoms with E-state index in [1.807, 2.05) is 31.2 Å². The predicted octanol–water partition coefficient (Wildman–Crippen LogP) is 3.60. The van der Waals surface area contributed by atoms with Crippen LogP contribution in [0, 0.1) is 6.92 Å². The Morgan fingerprint density at radius 1 is 1.00 bits per heavy atom. The molecule has 0 aliphatic rings. The molecule has 0 atom stereocenters. The van der Waals surface area contributed by atoms with Gasteiger partial charge < -0.3 is 24.8 Å². The van der Waals surface area contributed by atoms with E-state index >= 15 is 0 Å². The molecule has 2 aromatic rings. The van der Waals surface area contributed by atoms with Crippen LogP contribution in [0.25, 0.3) is 0 Å². The fourth-order valence-corrected chi connectivity index (χ4v) is 2.19. The summed E-state index contributed by atoms with van der Waals surface area (Å²) in [6.07, 6.45) is 0.716. The number of anilines is 1. The molecule has 134 valence electrons. The molecule has 0 saturated carbocycles. The Labute approximate surface area is 148 Å². The van der Waals surface area contributed by atoms with Crippen LogP contribution < -0.4 is 24.8 Å². The molecular formula is C19H24N2O4. The van der Waals surface area contributed by atoms with Gasteiger partial charge in [0.15, 0.2) is 11.5 Å². The SMILES string of the molecule is COc1ccc(NC(=O)NCCCOc2ccc(C)cc2)cc1OC. The summed E-state index contributed by atoms with van der Waals surface area (Å²) < 4.78 is 16.0. The molecule has 2 rings (SSSR count). The highest BCUT2D eigenvalue weighted by molar-refractivity contribution is 5.89. The van der Waals surface area contributed by atoms with Gasteiger partial charge >= 0.3 is 6.03 Å². The number of carbonyl (C=O) groups is 1. The van der Waals surface area contributed by atoms with Gasteiger partial charge in [-0.15, -0.1) is 0 Å². The lowest BCUT2D eigenvalue weighted by atomic mass is 10.2. The number of hydrogen-bond acceptors (Lipinski definition) is 4. The summed E-state index contributed by atoms with van der Waals surface area (Å²) >= 11 is 0. The van der Waals surface area contributed by atoms with Crippen molar-refractivity contribution in [3.05, 3.63) is 48.0 Å². The molecule has 25 heavy (non-hydrogen) atoms. The van der Waals surface area contributed by atoms with Crippen molar-refractivity contribution in [3.63, 3.8) is 0 Å². The van der Waals surface area contributed by atoms with Crippen LogP contribution >= 0.6 is 0 Å². The van der Waals surface area contributed by atoms with Crippen molar-refractivity contribution in [2.75, 3.05) is 32.7 Å². The van der Waals surface area contributed by atoms with E-state index in [1.54, 1.807) is 32.4 Å². The van der Waals surface area contributed by atoms with E-state index in [9.17, 15) is 4.79 Å². The van der Waals surface area contributed by atoms with Gasteiger partial charge in [0.1, 0.15) is 5.75 Å². The van der Waals surface area contributed by atoms with Crippen molar-refractivity contribution in [2.45, 2.75) is 13.3 Å². The maximum atomic E-state index is 11.9. The largest absolute Gasteiger partial charge is 0.494 e. The van der Waals surface area contributed by atoms with E-state index < -0.39 is 0 Å². The summed E-state index contributed by atoms with van der Waals surface area (Å²) in [6, 6.07) is 12.8. The van der Waals surface area contributed by atoms with E-state index in [0.717, 1.165) is 5.75 Å². The zero-order valence-electron chi connectivity index (χ0n) is 14.8. The summed E-state index contributed by atoms with van der Waals surface area (Å²) in [6.45, 7) is 3.09. The Kier molecular flexibility index (Phi) is 6.95. The van der Waals surface area contributed by atoms with E-state index in [4.69, 9.17) is 14.2 Å². The summed E-state index contributed by atoms with van der Waals surface area (Å²) in [4.78, 5) is 11.9. The third-order valence-corrected chi connectivity index (χ3v) is 3.54. The molecule has 2 amide bonds. The lowest BCUT2D eigenvalue weighted by molar-refractivity contribution is 0.250. The number of aryl methyl sites for hydroxylation is 1. The van der Waals surface area contributed by atoms with Crippen molar-refractivity contribution < 1.29 is 19.0 Å². The van der Waals surface area contributed by atoms with Gasteiger partial charge in [-0.05, 0) is 37.6 Å². The first kappa shape index (κ1) is 18.4. The summed E-state index contributed by atoms with van der Waals surface area (Å²) in [5.41, 5.74) is 1.83. The Balaban J connectivity index is 1.69. The molecule has 0 spiro atoms. The molecule has 0 radical (unpaired) electrons. The summed E-state index contributed by atoms with van der Waals surface area (Å²) in [7, 11) is 3.12. The van der Waals surface area contributed by atoms with Crippen LogP contribution in [-0.4, -0.2) is 33.4 Å². The molecular weight excluding hydrogens is 320 g/mol. The zero-order valence-corrected chi connectivity index (χ0v) is 14.8. The van der Waals surface area contributed by atoms with Crippen molar-refractivity contribution >= 4 is 11.7 Å². The van der Waals surface area contributed by atoms with Crippen LogP contribution in [0.2, 0.25) is 0 Å². The number of hydrogen-bond donors (Lipinski definition) is 2. The van der Waals surface area contributed by atoms with Crippen LogP contribution in [0.5, 0.6) is 17.2 Å². The number of nitrogens with one attached hydrogen (secondary N) is 2. The van der Waals surface area contributed by atoms with Crippen LogP contribution in [0.3, 0.4) is 0 Å². The molecule has 6 nitrogen and oxygen atoms in total. The molecule has 0 unspecified atom stereocenters. The van der Waals surface area contributed by atoms with Crippen molar-refractivity contribution in [1.82, 2.24) is 5.32 Å². The lowest BCUT2D eigenvalue weighted by Gasteiger charge is -2.11. The average Bonchev–Trinajstić information content (AvgIpc) is 2.62. The first-order valence-electron chi connectivity index (χ1n) is 8.08. The number of rotatable bonds is 8. The topological polar surface area (TPSA) is 68.8 Å². The van der Waals surface area contributed by atoms with Gasteiger partial charge in [-0.3, -0.25) is 0 Å². The van der Waals surface area contributed by atoms with Gasteiger partial charge in [0.25, 0.3) is 0 Å². The zero-order chi connectivity index (χ0) is 18.1. The number of ether oxygens (including phenoxy) is 3. The second kappa shape index (κ2) is 9.42. The van der Waals surface area contributed by atoms with Gasteiger partial charge in [0.2, 0.25) is 0 Å². The van der Waals surface area contributed by atoms with Gasteiger partial charge in [-0.2, -0.15) is 0 Å². The van der Waals surface area contributed by atoms with Crippen LogP contribution in [0.1, 0.15) is 12.0 Å². The maximum absolute atomic E-state index is 11.9. The first-order chi connectivity index (χ1) is 12.1. The molecule has 2 aromatic carbocycles. The highest BCUT2D eigenvalue weighted by Gasteiger charge is 2.07. The van der Waals surface area contributed by atoms with Crippen LogP contribution in [-0.2, 0) is 0 Å². The number of amides is 2. The highest BCUT2D eigenvalue weighted by atomic mass is 16.5. The maximum Gasteiger partial charge on any atom is 0.319 e. The Bertz CT molecular complexity index is 686. The minimum absolute atomic E-state index is 0.275. The van der Waals surface area contributed by atoms with E-state index in [2.05, 4.69) is 10.6 Å². The molecule has 2 N–H and O–H groups in total. The van der Waals surface area contributed by atoms with E-state index in [-0.39, 0.29) is 6.03 Å². The fourth-order valence-electron chi connectivity index (χ4n) is 2.19. The van der Waals surface area contributed by atoms with Gasteiger partial charge in [0, 0.05) is 18.3 Å². The molecule has 0 aliphatic carbocycles. The van der Waals surface area contributed by atoms with Gasteiger partial charge in [0.05, 0.1) is 20.8 Å². The fraction of sp³-hybridized carbons (Fsp3) is 0.316. The summed E-state index contributed by atoms with van der Waals surface area (Å²) in [5.74, 6) is 2.01. The molecule has 0 saturated heterocycles. The van der Waals surface area contributed by atoms with Crippen LogP contribution in [0.15, 0.2) is 42.5 Å². The molecule has 0 bridgehead atoms. The normalized spacial score (nSPS) is 10.0. The first-order valence-corrected chi connectivity index (χ1v) is 8.08. The highest BCUT2D eigenvalue weighted by Crippen LogP contribution is 2.29. The molecule has 0 heterocycles. The van der Waals surface area contributed by atoms with E-state index in [1.165, 1.54) is 5.56 Å². The van der Waals surface area contributed by atoms with Crippen molar-refractivity contribution in [2.24, 2.45) is 0 Å². The Morgan fingerprint density at radius 3 is 2.40 bits per heavy atom. The summed E-state index contributed by atoms with van der Waals surface area (Å²) in [5, 5.41) is 5.55. The predicted molar refractivity (Wildman–Crippen MR) is 97.9 cm³/mol. The minimum Gasteiger partial charge on any atom is -0.494 e. The quantitative estimate of drug-likeness (QED) is 0.718. The number of urea groups is 1. The second-order valence-electron chi connectivity index (χ2n) is 5.47. The number of methoxy groups -OCH3 is 2. The Morgan fingerprint density at radius 2 is 1.72 bits per heavy atom. The lowest BCUT2D eigenvalue weighted by Crippen LogP contribution is -2.30. The molecule has 0 aromatic heterocycles.